The number of aromatic amines is 1. The minimum absolute atomic E-state index is 0.225. The van der Waals surface area contributed by atoms with Crippen LogP contribution in [0, 0.1) is 5.92 Å². The summed E-state index contributed by atoms with van der Waals surface area (Å²) in [6.07, 6.45) is -4.32. The van der Waals surface area contributed by atoms with Crippen molar-refractivity contribution in [3.05, 3.63) is 29.6 Å². The molecular formula is C13H14F3N3. The number of fused-ring (bicyclic) bond motifs is 1. The Balaban J connectivity index is 1.96. The molecule has 1 aromatic heterocycles. The summed E-state index contributed by atoms with van der Waals surface area (Å²) in [7, 11) is 0. The molecular weight excluding hydrogens is 255 g/mol. The number of nitrogens with zero attached hydrogens (tertiary/aromatic N) is 1. The minimum atomic E-state index is -4.32. The summed E-state index contributed by atoms with van der Waals surface area (Å²) in [4.78, 5) is 7.41. The highest BCUT2D eigenvalue weighted by molar-refractivity contribution is 5.76. The average molecular weight is 269 g/mol. The Labute approximate surface area is 108 Å². The van der Waals surface area contributed by atoms with Gasteiger partial charge in [-0.15, -0.1) is 0 Å². The molecule has 1 saturated heterocycles. The molecule has 2 aromatic rings. The minimum Gasteiger partial charge on any atom is -0.342 e. The summed E-state index contributed by atoms with van der Waals surface area (Å²) in [5.41, 5.74) is 0.388. The first-order valence-electron chi connectivity index (χ1n) is 6.23. The van der Waals surface area contributed by atoms with Gasteiger partial charge in [0.15, 0.2) is 0 Å². The van der Waals surface area contributed by atoms with Gasteiger partial charge in [0.1, 0.15) is 5.82 Å². The third-order valence-electron chi connectivity index (χ3n) is 3.78. The molecule has 1 aliphatic heterocycles. The van der Waals surface area contributed by atoms with Crippen LogP contribution in [0.5, 0.6) is 0 Å². The van der Waals surface area contributed by atoms with E-state index in [-0.39, 0.29) is 5.92 Å². The fourth-order valence-electron chi connectivity index (χ4n) is 2.31. The highest BCUT2D eigenvalue weighted by atomic mass is 19.4. The number of imidazole rings is 1. The van der Waals surface area contributed by atoms with Crippen molar-refractivity contribution in [3.63, 3.8) is 0 Å². The number of benzene rings is 1. The third-order valence-corrected chi connectivity index (χ3v) is 3.78. The summed E-state index contributed by atoms with van der Waals surface area (Å²) in [5, 5.41) is 3.18. The van der Waals surface area contributed by atoms with Crippen molar-refractivity contribution in [3.8, 4) is 0 Å². The van der Waals surface area contributed by atoms with Crippen LogP contribution in [0.4, 0.5) is 13.2 Å². The summed E-state index contributed by atoms with van der Waals surface area (Å²) in [5.74, 6) is 1.49. The summed E-state index contributed by atoms with van der Waals surface area (Å²) in [6.45, 7) is 3.92. The van der Waals surface area contributed by atoms with Crippen molar-refractivity contribution in [1.29, 1.82) is 0 Å². The average Bonchev–Trinajstić information content (AvgIpc) is 2.67. The standard InChI is InChI=1S/C13H14F3N3/c1-7(8-5-17-6-8)12-18-10-3-2-9(13(14,15)16)4-11(10)19-12/h2-4,7-8,17H,5-6H2,1H3,(H,18,19). The largest absolute Gasteiger partial charge is 0.416 e. The van der Waals surface area contributed by atoms with Gasteiger partial charge in [-0.25, -0.2) is 4.98 Å². The molecule has 0 bridgehead atoms. The number of hydrogen-bond acceptors (Lipinski definition) is 2. The second-order valence-corrected chi connectivity index (χ2v) is 5.06. The van der Waals surface area contributed by atoms with Crippen LogP contribution < -0.4 is 5.32 Å². The van der Waals surface area contributed by atoms with Gasteiger partial charge in [-0.05, 0) is 37.2 Å². The highest BCUT2D eigenvalue weighted by Gasteiger charge is 2.31. The second kappa shape index (κ2) is 4.23. The van der Waals surface area contributed by atoms with Crippen LogP contribution in [0.2, 0.25) is 0 Å². The summed E-state index contributed by atoms with van der Waals surface area (Å²) in [6, 6.07) is 3.62. The number of halogens is 3. The predicted molar refractivity (Wildman–Crippen MR) is 65.9 cm³/mol. The van der Waals surface area contributed by atoms with E-state index in [2.05, 4.69) is 15.3 Å². The Morgan fingerprint density at radius 3 is 2.63 bits per heavy atom. The predicted octanol–water partition coefficient (Wildman–Crippen LogP) is 2.90. The van der Waals surface area contributed by atoms with Crippen LogP contribution in [0.15, 0.2) is 18.2 Å². The lowest BCUT2D eigenvalue weighted by Gasteiger charge is -2.31. The van der Waals surface area contributed by atoms with Crippen molar-refractivity contribution in [2.24, 2.45) is 5.92 Å². The molecule has 2 heterocycles. The Morgan fingerprint density at radius 1 is 1.32 bits per heavy atom. The SMILES string of the molecule is CC(c1nc2ccc(C(F)(F)F)cc2[nH]1)C1CNC1. The van der Waals surface area contributed by atoms with Gasteiger partial charge < -0.3 is 10.3 Å². The molecule has 3 rings (SSSR count). The van der Waals surface area contributed by atoms with Crippen LogP contribution in [-0.2, 0) is 6.18 Å². The van der Waals surface area contributed by atoms with E-state index in [1.807, 2.05) is 6.92 Å². The highest BCUT2D eigenvalue weighted by Crippen LogP contribution is 2.32. The molecule has 1 fully saturated rings. The maximum absolute atomic E-state index is 12.6. The van der Waals surface area contributed by atoms with E-state index in [0.717, 1.165) is 31.0 Å². The zero-order valence-electron chi connectivity index (χ0n) is 10.4. The molecule has 102 valence electrons. The Bertz CT molecular complexity index is 599. The van der Waals surface area contributed by atoms with Gasteiger partial charge in [-0.1, -0.05) is 6.92 Å². The van der Waals surface area contributed by atoms with Crippen LogP contribution in [0.3, 0.4) is 0 Å². The number of rotatable bonds is 2. The van der Waals surface area contributed by atoms with E-state index in [1.165, 1.54) is 6.07 Å². The van der Waals surface area contributed by atoms with Crippen molar-refractivity contribution < 1.29 is 13.2 Å². The van der Waals surface area contributed by atoms with Crippen LogP contribution in [0.25, 0.3) is 11.0 Å². The van der Waals surface area contributed by atoms with Gasteiger partial charge in [0, 0.05) is 5.92 Å². The number of alkyl halides is 3. The Kier molecular flexibility index (Phi) is 2.78. The number of hydrogen-bond donors (Lipinski definition) is 2. The van der Waals surface area contributed by atoms with Crippen LogP contribution in [-0.4, -0.2) is 23.1 Å². The number of H-pyrrole nitrogens is 1. The molecule has 0 aliphatic carbocycles. The molecule has 1 atom stereocenters. The smallest absolute Gasteiger partial charge is 0.342 e. The Morgan fingerprint density at radius 2 is 2.05 bits per heavy atom. The molecule has 0 spiro atoms. The van der Waals surface area contributed by atoms with E-state index in [1.54, 1.807) is 0 Å². The fraction of sp³-hybridized carbons (Fsp3) is 0.462. The van der Waals surface area contributed by atoms with E-state index in [0.29, 0.717) is 17.0 Å². The zero-order valence-corrected chi connectivity index (χ0v) is 10.4. The van der Waals surface area contributed by atoms with Crippen molar-refractivity contribution in [2.45, 2.75) is 19.0 Å². The van der Waals surface area contributed by atoms with E-state index < -0.39 is 11.7 Å². The van der Waals surface area contributed by atoms with Crippen molar-refractivity contribution in [1.82, 2.24) is 15.3 Å². The van der Waals surface area contributed by atoms with E-state index in [9.17, 15) is 13.2 Å². The van der Waals surface area contributed by atoms with Crippen LogP contribution >= 0.6 is 0 Å². The second-order valence-electron chi connectivity index (χ2n) is 5.06. The normalized spacial score (nSPS) is 18.5. The molecule has 19 heavy (non-hydrogen) atoms. The van der Waals surface area contributed by atoms with Gasteiger partial charge in [-0.3, -0.25) is 0 Å². The quantitative estimate of drug-likeness (QED) is 0.880. The maximum Gasteiger partial charge on any atom is 0.416 e. The molecule has 3 nitrogen and oxygen atoms in total. The first-order chi connectivity index (χ1) is 8.95. The number of aromatic nitrogens is 2. The van der Waals surface area contributed by atoms with Crippen LogP contribution in [0.1, 0.15) is 24.2 Å². The lowest BCUT2D eigenvalue weighted by Crippen LogP contribution is -2.44. The van der Waals surface area contributed by atoms with Gasteiger partial charge in [0.25, 0.3) is 0 Å². The lowest BCUT2D eigenvalue weighted by atomic mass is 9.88. The molecule has 0 radical (unpaired) electrons. The molecule has 0 saturated carbocycles. The first kappa shape index (κ1) is 12.5. The van der Waals surface area contributed by atoms with Crippen molar-refractivity contribution >= 4 is 11.0 Å². The van der Waals surface area contributed by atoms with Gasteiger partial charge in [0.05, 0.1) is 16.6 Å². The zero-order chi connectivity index (χ0) is 13.6. The third kappa shape index (κ3) is 2.20. The van der Waals surface area contributed by atoms with Crippen molar-refractivity contribution in [2.75, 3.05) is 13.1 Å². The fourth-order valence-corrected chi connectivity index (χ4v) is 2.31. The Hall–Kier alpha value is -1.56. The summed E-state index contributed by atoms with van der Waals surface area (Å²) >= 11 is 0. The topological polar surface area (TPSA) is 40.7 Å². The molecule has 2 N–H and O–H groups in total. The summed E-state index contributed by atoms with van der Waals surface area (Å²) < 4.78 is 37.9. The molecule has 1 aromatic carbocycles. The van der Waals surface area contributed by atoms with E-state index in [4.69, 9.17) is 0 Å². The molecule has 0 amide bonds. The van der Waals surface area contributed by atoms with Gasteiger partial charge >= 0.3 is 6.18 Å². The lowest BCUT2D eigenvalue weighted by molar-refractivity contribution is -0.137. The molecule has 1 aliphatic rings. The first-order valence-corrected chi connectivity index (χ1v) is 6.23. The van der Waals surface area contributed by atoms with Gasteiger partial charge in [0.2, 0.25) is 0 Å². The van der Waals surface area contributed by atoms with Gasteiger partial charge in [-0.2, -0.15) is 13.2 Å². The van der Waals surface area contributed by atoms with E-state index >= 15 is 0 Å². The monoisotopic (exact) mass is 269 g/mol. The number of nitrogens with one attached hydrogen (secondary N) is 2. The maximum atomic E-state index is 12.6. The molecule has 6 heteroatoms. The molecule has 1 unspecified atom stereocenters.